The summed E-state index contributed by atoms with van der Waals surface area (Å²) in [5.74, 6) is 0.505. The third-order valence-corrected chi connectivity index (χ3v) is 2.78. The van der Waals surface area contributed by atoms with Crippen molar-refractivity contribution in [2.24, 2.45) is 11.0 Å². The molecule has 0 aliphatic carbocycles. The van der Waals surface area contributed by atoms with Gasteiger partial charge in [-0.05, 0) is 24.3 Å². The fourth-order valence-electron chi connectivity index (χ4n) is 1.77. The van der Waals surface area contributed by atoms with Crippen LogP contribution < -0.4 is 5.43 Å². The molecule has 0 saturated carbocycles. The number of nitrogens with one attached hydrogen (secondary N) is 1. The van der Waals surface area contributed by atoms with Crippen LogP contribution in [0, 0.1) is 5.92 Å². The molecule has 0 bridgehead atoms. The number of unbranched alkanes of at least 4 members (excludes halogenated alkanes) is 1. The van der Waals surface area contributed by atoms with Crippen LogP contribution in [-0.4, -0.2) is 11.6 Å². The van der Waals surface area contributed by atoms with E-state index in [1.807, 2.05) is 30.3 Å². The SMILES string of the molecule is CCCCC(=O)N/N=C(\CC(C)C)c1ccccc1. The molecule has 1 aromatic rings. The number of benzene rings is 1. The van der Waals surface area contributed by atoms with Crippen LogP contribution in [0.4, 0.5) is 0 Å². The molecule has 0 aromatic heterocycles. The van der Waals surface area contributed by atoms with E-state index in [4.69, 9.17) is 0 Å². The summed E-state index contributed by atoms with van der Waals surface area (Å²) in [7, 11) is 0. The Morgan fingerprint density at radius 2 is 1.95 bits per heavy atom. The van der Waals surface area contributed by atoms with E-state index in [1.54, 1.807) is 0 Å². The molecule has 0 radical (unpaired) electrons. The van der Waals surface area contributed by atoms with E-state index in [1.165, 1.54) is 0 Å². The van der Waals surface area contributed by atoms with Gasteiger partial charge in [-0.2, -0.15) is 5.10 Å². The summed E-state index contributed by atoms with van der Waals surface area (Å²) >= 11 is 0. The molecule has 1 amide bonds. The van der Waals surface area contributed by atoms with E-state index in [-0.39, 0.29) is 5.91 Å². The van der Waals surface area contributed by atoms with Crippen LogP contribution in [0.1, 0.15) is 52.0 Å². The number of nitrogens with zero attached hydrogens (tertiary/aromatic N) is 1. The lowest BCUT2D eigenvalue weighted by molar-refractivity contribution is -0.121. The Bertz CT molecular complexity index is 410. The van der Waals surface area contributed by atoms with E-state index in [0.29, 0.717) is 12.3 Å². The molecule has 0 saturated heterocycles. The lowest BCUT2D eigenvalue weighted by atomic mass is 10.0. The minimum atomic E-state index is -0.000891. The van der Waals surface area contributed by atoms with Gasteiger partial charge in [0, 0.05) is 6.42 Å². The molecule has 0 atom stereocenters. The molecule has 1 rings (SSSR count). The highest BCUT2D eigenvalue weighted by atomic mass is 16.2. The summed E-state index contributed by atoms with van der Waals surface area (Å²) in [4.78, 5) is 11.6. The predicted molar refractivity (Wildman–Crippen MR) is 80.1 cm³/mol. The van der Waals surface area contributed by atoms with Gasteiger partial charge in [-0.3, -0.25) is 4.79 Å². The Balaban J connectivity index is 2.71. The van der Waals surface area contributed by atoms with E-state index < -0.39 is 0 Å². The summed E-state index contributed by atoms with van der Waals surface area (Å²) in [5, 5.41) is 4.30. The fourth-order valence-corrected chi connectivity index (χ4v) is 1.77. The summed E-state index contributed by atoms with van der Waals surface area (Å²) < 4.78 is 0. The molecular weight excluding hydrogens is 236 g/mol. The molecule has 1 N–H and O–H groups in total. The number of rotatable bonds is 7. The molecule has 0 fully saturated rings. The number of carbonyl (C=O) groups is 1. The first-order valence-corrected chi connectivity index (χ1v) is 7.04. The summed E-state index contributed by atoms with van der Waals surface area (Å²) in [6, 6.07) is 10.0. The zero-order valence-corrected chi connectivity index (χ0v) is 12.1. The Hall–Kier alpha value is -1.64. The normalized spacial score (nSPS) is 11.7. The van der Waals surface area contributed by atoms with Crippen molar-refractivity contribution < 1.29 is 4.79 Å². The van der Waals surface area contributed by atoms with Crippen molar-refractivity contribution in [1.29, 1.82) is 0 Å². The smallest absolute Gasteiger partial charge is 0.240 e. The van der Waals surface area contributed by atoms with Crippen molar-refractivity contribution in [2.75, 3.05) is 0 Å². The monoisotopic (exact) mass is 260 g/mol. The maximum atomic E-state index is 11.6. The largest absolute Gasteiger partial charge is 0.273 e. The van der Waals surface area contributed by atoms with Crippen molar-refractivity contribution in [2.45, 2.75) is 46.5 Å². The standard InChI is InChI=1S/C16H24N2O/c1-4-5-11-16(19)18-17-15(12-13(2)3)14-9-7-6-8-10-14/h6-10,13H,4-5,11-12H2,1-3H3,(H,18,19)/b17-15+. The molecule has 0 aliphatic heterocycles. The van der Waals surface area contributed by atoms with Gasteiger partial charge in [0.05, 0.1) is 5.71 Å². The molecule has 104 valence electrons. The number of hydrogen-bond donors (Lipinski definition) is 1. The molecule has 3 nitrogen and oxygen atoms in total. The van der Waals surface area contributed by atoms with Crippen LogP contribution in [0.5, 0.6) is 0 Å². The summed E-state index contributed by atoms with van der Waals surface area (Å²) in [5.41, 5.74) is 4.69. The van der Waals surface area contributed by atoms with E-state index in [2.05, 4.69) is 31.3 Å². The molecule has 0 unspecified atom stereocenters. The zero-order valence-electron chi connectivity index (χ0n) is 12.1. The Morgan fingerprint density at radius 1 is 1.26 bits per heavy atom. The first kappa shape index (κ1) is 15.4. The fraction of sp³-hybridized carbons (Fsp3) is 0.500. The van der Waals surface area contributed by atoms with Gasteiger partial charge in [-0.25, -0.2) is 5.43 Å². The Morgan fingerprint density at radius 3 is 2.53 bits per heavy atom. The van der Waals surface area contributed by atoms with Crippen LogP contribution in [0.3, 0.4) is 0 Å². The number of carbonyl (C=O) groups excluding carboxylic acids is 1. The highest BCUT2D eigenvalue weighted by molar-refractivity contribution is 6.01. The Labute approximate surface area is 116 Å². The third kappa shape index (κ3) is 6.18. The molecule has 1 aromatic carbocycles. The number of hydrazone groups is 1. The van der Waals surface area contributed by atoms with Crippen LogP contribution in [0.25, 0.3) is 0 Å². The number of hydrogen-bond acceptors (Lipinski definition) is 2. The quantitative estimate of drug-likeness (QED) is 0.589. The van der Waals surface area contributed by atoms with E-state index in [0.717, 1.165) is 30.5 Å². The molecule has 0 spiro atoms. The van der Waals surface area contributed by atoms with Gasteiger partial charge in [-0.15, -0.1) is 0 Å². The highest BCUT2D eigenvalue weighted by Gasteiger charge is 2.07. The molecule has 19 heavy (non-hydrogen) atoms. The van der Waals surface area contributed by atoms with Gasteiger partial charge in [-0.1, -0.05) is 57.5 Å². The summed E-state index contributed by atoms with van der Waals surface area (Å²) in [6.07, 6.45) is 3.34. The average Bonchev–Trinajstić information content (AvgIpc) is 2.41. The maximum Gasteiger partial charge on any atom is 0.240 e. The molecular formula is C16H24N2O. The van der Waals surface area contributed by atoms with Gasteiger partial charge < -0.3 is 0 Å². The van der Waals surface area contributed by atoms with E-state index >= 15 is 0 Å². The van der Waals surface area contributed by atoms with Crippen LogP contribution in [-0.2, 0) is 4.79 Å². The first-order chi connectivity index (χ1) is 9.13. The maximum absolute atomic E-state index is 11.6. The van der Waals surface area contributed by atoms with Crippen molar-refractivity contribution >= 4 is 11.6 Å². The zero-order chi connectivity index (χ0) is 14.1. The summed E-state index contributed by atoms with van der Waals surface area (Å²) in [6.45, 7) is 6.37. The third-order valence-electron chi connectivity index (χ3n) is 2.78. The second kappa shape index (κ2) is 8.46. The van der Waals surface area contributed by atoms with Crippen molar-refractivity contribution in [3.8, 4) is 0 Å². The molecule has 0 heterocycles. The minimum Gasteiger partial charge on any atom is -0.273 e. The Kier molecular flexibility index (Phi) is 6.86. The average molecular weight is 260 g/mol. The molecule has 0 aliphatic rings. The van der Waals surface area contributed by atoms with Gasteiger partial charge in [0.15, 0.2) is 0 Å². The topological polar surface area (TPSA) is 41.5 Å². The minimum absolute atomic E-state index is 0.000891. The van der Waals surface area contributed by atoms with Crippen LogP contribution in [0.15, 0.2) is 35.4 Å². The van der Waals surface area contributed by atoms with Crippen molar-refractivity contribution in [1.82, 2.24) is 5.43 Å². The van der Waals surface area contributed by atoms with Gasteiger partial charge in [0.1, 0.15) is 0 Å². The van der Waals surface area contributed by atoms with Crippen molar-refractivity contribution in [3.05, 3.63) is 35.9 Å². The van der Waals surface area contributed by atoms with Gasteiger partial charge in [0.25, 0.3) is 0 Å². The van der Waals surface area contributed by atoms with Gasteiger partial charge >= 0.3 is 0 Å². The molecule has 3 heteroatoms. The van der Waals surface area contributed by atoms with Crippen LogP contribution in [0.2, 0.25) is 0 Å². The van der Waals surface area contributed by atoms with Crippen LogP contribution >= 0.6 is 0 Å². The van der Waals surface area contributed by atoms with E-state index in [9.17, 15) is 4.79 Å². The van der Waals surface area contributed by atoms with Gasteiger partial charge in [0.2, 0.25) is 5.91 Å². The predicted octanol–water partition coefficient (Wildman–Crippen LogP) is 3.74. The second-order valence-electron chi connectivity index (χ2n) is 5.16. The van der Waals surface area contributed by atoms with Crippen molar-refractivity contribution in [3.63, 3.8) is 0 Å². The lowest BCUT2D eigenvalue weighted by Crippen LogP contribution is -2.20. The lowest BCUT2D eigenvalue weighted by Gasteiger charge is -2.09. The highest BCUT2D eigenvalue weighted by Crippen LogP contribution is 2.10. The number of amides is 1. The second-order valence-corrected chi connectivity index (χ2v) is 5.16. The first-order valence-electron chi connectivity index (χ1n) is 7.04.